The van der Waals surface area contributed by atoms with Crippen LogP contribution in [0.5, 0.6) is 0 Å². The molecule has 1 amide bonds. The van der Waals surface area contributed by atoms with Gasteiger partial charge in [-0.1, -0.05) is 54.1 Å². The Bertz CT molecular complexity index is 796. The van der Waals surface area contributed by atoms with Gasteiger partial charge in [-0.25, -0.2) is 0 Å². The van der Waals surface area contributed by atoms with Crippen LogP contribution in [-0.4, -0.2) is 5.91 Å². The van der Waals surface area contributed by atoms with Gasteiger partial charge in [0.15, 0.2) is 0 Å². The number of hydrogen-bond donors (Lipinski definition) is 1. The average molecular weight is 342 g/mol. The van der Waals surface area contributed by atoms with Gasteiger partial charge in [0.2, 0.25) is 0 Å². The number of thiophene rings is 1. The summed E-state index contributed by atoms with van der Waals surface area (Å²) in [6, 6.07) is 19.3. The molecule has 1 aromatic heterocycles. The fraction of sp³-hybridized carbons (Fsp3) is 0.105. The first-order valence-corrected chi connectivity index (χ1v) is 8.56. The Kier molecular flexibility index (Phi) is 4.79. The summed E-state index contributed by atoms with van der Waals surface area (Å²) in [7, 11) is 0. The van der Waals surface area contributed by atoms with Crippen LogP contribution < -0.4 is 5.32 Å². The zero-order valence-electron chi connectivity index (χ0n) is 12.6. The number of carbonyl (C=O) groups is 1. The van der Waals surface area contributed by atoms with Crippen molar-refractivity contribution >= 4 is 28.8 Å². The summed E-state index contributed by atoms with van der Waals surface area (Å²) < 4.78 is 0. The molecule has 2 nitrogen and oxygen atoms in total. The summed E-state index contributed by atoms with van der Waals surface area (Å²) in [5.74, 6) is -0.0543. The Morgan fingerprint density at radius 2 is 1.65 bits per heavy atom. The average Bonchev–Trinajstić information content (AvgIpc) is 3.00. The van der Waals surface area contributed by atoms with Crippen LogP contribution in [-0.2, 0) is 0 Å². The second-order valence-corrected chi connectivity index (χ2v) is 6.65. The molecule has 3 aromatic rings. The predicted octanol–water partition coefficient (Wildman–Crippen LogP) is 5.23. The number of amides is 1. The molecule has 0 aliphatic carbocycles. The van der Waals surface area contributed by atoms with Crippen LogP contribution in [0.3, 0.4) is 0 Å². The summed E-state index contributed by atoms with van der Waals surface area (Å²) in [6.07, 6.45) is 0. The molecule has 0 saturated carbocycles. The summed E-state index contributed by atoms with van der Waals surface area (Å²) in [5.41, 5.74) is 3.04. The molecule has 1 atom stereocenters. The van der Waals surface area contributed by atoms with Crippen molar-refractivity contribution in [3.63, 3.8) is 0 Å². The topological polar surface area (TPSA) is 29.1 Å². The zero-order valence-corrected chi connectivity index (χ0v) is 14.2. The Hall–Kier alpha value is -2.10. The number of hydrogen-bond acceptors (Lipinski definition) is 2. The highest BCUT2D eigenvalue weighted by Gasteiger charge is 2.19. The highest BCUT2D eigenvalue weighted by atomic mass is 35.5. The van der Waals surface area contributed by atoms with E-state index >= 15 is 0 Å². The van der Waals surface area contributed by atoms with Gasteiger partial charge in [-0.2, -0.15) is 0 Å². The summed E-state index contributed by atoms with van der Waals surface area (Å²) >= 11 is 7.44. The van der Waals surface area contributed by atoms with Crippen LogP contribution in [0, 0.1) is 6.92 Å². The highest BCUT2D eigenvalue weighted by molar-refractivity contribution is 7.12. The van der Waals surface area contributed by atoms with Gasteiger partial charge < -0.3 is 5.32 Å². The van der Waals surface area contributed by atoms with E-state index < -0.39 is 0 Å². The molecule has 0 aliphatic rings. The van der Waals surface area contributed by atoms with Crippen molar-refractivity contribution in [2.45, 2.75) is 13.0 Å². The second-order valence-electron chi connectivity index (χ2n) is 5.30. The van der Waals surface area contributed by atoms with Crippen LogP contribution >= 0.6 is 22.9 Å². The van der Waals surface area contributed by atoms with Crippen molar-refractivity contribution in [2.24, 2.45) is 0 Å². The molecule has 0 bridgehead atoms. The van der Waals surface area contributed by atoms with E-state index in [0.717, 1.165) is 21.6 Å². The number of aryl methyl sites for hydroxylation is 1. The van der Waals surface area contributed by atoms with Gasteiger partial charge in [-0.05, 0) is 47.2 Å². The zero-order chi connectivity index (χ0) is 16.2. The Labute approximate surface area is 144 Å². The normalized spacial score (nSPS) is 11.9. The number of rotatable bonds is 4. The Balaban J connectivity index is 1.94. The van der Waals surface area contributed by atoms with E-state index in [1.807, 2.05) is 73.0 Å². The molecule has 1 heterocycles. The van der Waals surface area contributed by atoms with Gasteiger partial charge >= 0.3 is 0 Å². The van der Waals surface area contributed by atoms with Gasteiger partial charge in [0.25, 0.3) is 5.91 Å². The molecular formula is C19H16ClNOS. The van der Waals surface area contributed by atoms with Crippen molar-refractivity contribution in [1.29, 1.82) is 0 Å². The third kappa shape index (κ3) is 3.63. The van der Waals surface area contributed by atoms with Crippen molar-refractivity contribution in [1.82, 2.24) is 5.32 Å². The van der Waals surface area contributed by atoms with Crippen molar-refractivity contribution in [2.75, 3.05) is 0 Å². The van der Waals surface area contributed by atoms with E-state index in [1.165, 1.54) is 11.3 Å². The van der Waals surface area contributed by atoms with E-state index in [1.54, 1.807) is 0 Å². The maximum Gasteiger partial charge on any atom is 0.262 e. The largest absolute Gasteiger partial charge is 0.340 e. The van der Waals surface area contributed by atoms with Crippen molar-refractivity contribution in [3.8, 4) is 0 Å². The van der Waals surface area contributed by atoms with Crippen LogP contribution in [0.15, 0.2) is 66.0 Å². The molecular weight excluding hydrogens is 326 g/mol. The lowest BCUT2D eigenvalue weighted by Crippen LogP contribution is -2.29. The number of benzene rings is 2. The van der Waals surface area contributed by atoms with Gasteiger partial charge in [0.1, 0.15) is 0 Å². The van der Waals surface area contributed by atoms with E-state index in [4.69, 9.17) is 11.6 Å². The molecule has 1 N–H and O–H groups in total. The number of halogens is 1. The van der Waals surface area contributed by atoms with Gasteiger partial charge in [-0.15, -0.1) is 11.3 Å². The maximum atomic E-state index is 12.6. The van der Waals surface area contributed by atoms with Gasteiger partial charge in [0, 0.05) is 5.02 Å². The molecule has 0 aliphatic heterocycles. The lowest BCUT2D eigenvalue weighted by Gasteiger charge is -2.20. The smallest absolute Gasteiger partial charge is 0.262 e. The third-order valence-electron chi connectivity index (χ3n) is 3.68. The number of carbonyl (C=O) groups excluding carboxylic acids is 1. The molecule has 23 heavy (non-hydrogen) atoms. The van der Waals surface area contributed by atoms with Crippen molar-refractivity contribution in [3.05, 3.63) is 92.6 Å². The van der Waals surface area contributed by atoms with E-state index in [-0.39, 0.29) is 11.9 Å². The lowest BCUT2D eigenvalue weighted by molar-refractivity contribution is 0.0946. The first kappa shape index (κ1) is 15.8. The van der Waals surface area contributed by atoms with E-state index in [2.05, 4.69) is 5.32 Å². The molecule has 0 saturated heterocycles. The third-order valence-corrected chi connectivity index (χ3v) is 4.95. The summed E-state index contributed by atoms with van der Waals surface area (Å²) in [4.78, 5) is 13.4. The quantitative estimate of drug-likeness (QED) is 0.691. The van der Waals surface area contributed by atoms with E-state index in [0.29, 0.717) is 5.02 Å². The first-order chi connectivity index (χ1) is 11.1. The minimum absolute atomic E-state index is 0.0543. The number of nitrogens with one attached hydrogen (secondary N) is 1. The van der Waals surface area contributed by atoms with Gasteiger partial charge in [0.05, 0.1) is 10.9 Å². The van der Waals surface area contributed by atoms with Crippen LogP contribution in [0.1, 0.15) is 32.4 Å². The molecule has 3 rings (SSSR count). The SMILES string of the molecule is Cc1ccsc1C(=O)NC(c1ccccc1)c1ccc(Cl)cc1. The molecule has 1 unspecified atom stereocenters. The Morgan fingerprint density at radius 3 is 2.26 bits per heavy atom. The first-order valence-electron chi connectivity index (χ1n) is 7.30. The van der Waals surface area contributed by atoms with Crippen LogP contribution in [0.2, 0.25) is 5.02 Å². The van der Waals surface area contributed by atoms with E-state index in [9.17, 15) is 4.79 Å². The molecule has 0 spiro atoms. The molecule has 4 heteroatoms. The summed E-state index contributed by atoms with van der Waals surface area (Å²) in [6.45, 7) is 1.95. The lowest BCUT2D eigenvalue weighted by atomic mass is 9.98. The standard InChI is InChI=1S/C19H16ClNOS/c1-13-11-12-23-18(13)19(22)21-17(14-5-3-2-4-6-14)15-7-9-16(20)10-8-15/h2-12,17H,1H3,(H,21,22). The molecule has 116 valence electrons. The highest BCUT2D eigenvalue weighted by Crippen LogP contribution is 2.25. The monoisotopic (exact) mass is 341 g/mol. The predicted molar refractivity (Wildman–Crippen MR) is 96.3 cm³/mol. The second kappa shape index (κ2) is 6.99. The Morgan fingerprint density at radius 1 is 1.00 bits per heavy atom. The molecule has 2 aromatic carbocycles. The molecule has 0 fully saturated rings. The molecule has 0 radical (unpaired) electrons. The maximum absolute atomic E-state index is 12.6. The summed E-state index contributed by atoms with van der Waals surface area (Å²) in [5, 5.41) is 5.76. The van der Waals surface area contributed by atoms with Crippen LogP contribution in [0.4, 0.5) is 0 Å². The fourth-order valence-electron chi connectivity index (χ4n) is 2.46. The van der Waals surface area contributed by atoms with Crippen molar-refractivity contribution < 1.29 is 4.79 Å². The van der Waals surface area contributed by atoms with Crippen LogP contribution in [0.25, 0.3) is 0 Å². The minimum atomic E-state index is -0.206. The fourth-order valence-corrected chi connectivity index (χ4v) is 3.42. The van der Waals surface area contributed by atoms with Gasteiger partial charge in [-0.3, -0.25) is 4.79 Å². The minimum Gasteiger partial charge on any atom is -0.340 e.